The summed E-state index contributed by atoms with van der Waals surface area (Å²) in [4.78, 5) is 26.4. The van der Waals surface area contributed by atoms with Crippen molar-refractivity contribution in [2.45, 2.75) is 57.0 Å². The Labute approximate surface area is 142 Å². The van der Waals surface area contributed by atoms with Crippen molar-refractivity contribution in [3.05, 3.63) is 35.4 Å². The fourth-order valence-corrected chi connectivity index (χ4v) is 4.88. The van der Waals surface area contributed by atoms with E-state index in [9.17, 15) is 9.59 Å². The molecule has 3 atom stereocenters. The molecule has 2 saturated heterocycles. The number of fused-ring (bicyclic) bond motifs is 1. The zero-order chi connectivity index (χ0) is 16.6. The predicted octanol–water partition coefficient (Wildman–Crippen LogP) is 2.88. The van der Waals surface area contributed by atoms with Gasteiger partial charge in [0.05, 0.1) is 10.9 Å². The topological polar surface area (TPSA) is 49.4 Å². The summed E-state index contributed by atoms with van der Waals surface area (Å²) in [5.41, 5.74) is 2.38. The van der Waals surface area contributed by atoms with Crippen LogP contribution in [0.3, 0.4) is 0 Å². The lowest BCUT2D eigenvalue weighted by Gasteiger charge is -2.30. The van der Waals surface area contributed by atoms with E-state index in [-0.39, 0.29) is 28.8 Å². The summed E-state index contributed by atoms with van der Waals surface area (Å²) < 4.78 is 0. The van der Waals surface area contributed by atoms with E-state index >= 15 is 0 Å². The first-order valence-corrected chi connectivity index (χ1v) is 9.28. The zero-order valence-corrected chi connectivity index (χ0v) is 14.8. The summed E-state index contributed by atoms with van der Waals surface area (Å²) in [5, 5.41) is 3.08. The molecule has 124 valence electrons. The van der Waals surface area contributed by atoms with Crippen LogP contribution in [-0.4, -0.2) is 33.4 Å². The second kappa shape index (κ2) is 6.19. The molecule has 4 nitrogen and oxygen atoms in total. The highest BCUT2D eigenvalue weighted by molar-refractivity contribution is 8.01. The first kappa shape index (κ1) is 16.4. The number of hydrogen-bond acceptors (Lipinski definition) is 3. The number of benzene rings is 1. The molecular weight excluding hydrogens is 308 g/mol. The Hall–Kier alpha value is -1.49. The number of nitrogens with one attached hydrogen (secondary N) is 1. The molecule has 1 aromatic carbocycles. The Morgan fingerprint density at radius 1 is 1.43 bits per heavy atom. The Kier molecular flexibility index (Phi) is 4.41. The van der Waals surface area contributed by atoms with Crippen molar-refractivity contribution in [2.75, 3.05) is 5.75 Å². The molecule has 3 unspecified atom stereocenters. The van der Waals surface area contributed by atoms with Crippen molar-refractivity contribution in [3.8, 4) is 0 Å². The molecule has 0 aliphatic carbocycles. The Morgan fingerprint density at radius 2 is 2.13 bits per heavy atom. The molecule has 3 rings (SSSR count). The summed E-state index contributed by atoms with van der Waals surface area (Å²) in [6, 6.07) is 7.95. The van der Waals surface area contributed by atoms with Crippen LogP contribution < -0.4 is 5.32 Å². The molecule has 0 bridgehead atoms. The van der Waals surface area contributed by atoms with E-state index in [1.54, 1.807) is 16.7 Å². The number of thioether (sulfide) groups is 1. The van der Waals surface area contributed by atoms with Crippen LogP contribution in [0.2, 0.25) is 0 Å². The van der Waals surface area contributed by atoms with E-state index in [0.717, 1.165) is 18.4 Å². The van der Waals surface area contributed by atoms with Gasteiger partial charge in [-0.3, -0.25) is 9.59 Å². The van der Waals surface area contributed by atoms with Gasteiger partial charge >= 0.3 is 0 Å². The molecule has 2 heterocycles. The maximum Gasteiger partial charge on any atom is 0.244 e. The van der Waals surface area contributed by atoms with Crippen molar-refractivity contribution in [3.63, 3.8) is 0 Å². The minimum Gasteiger partial charge on any atom is -0.348 e. The Balaban J connectivity index is 1.68. The summed E-state index contributed by atoms with van der Waals surface area (Å²) in [6.07, 6.45) is 2.41. The smallest absolute Gasteiger partial charge is 0.244 e. The molecule has 2 amide bonds. The third-order valence-corrected chi connectivity index (χ3v) is 6.50. The number of carbonyl (C=O) groups excluding carboxylic acids is 2. The Bertz CT molecular complexity index is 616. The lowest BCUT2D eigenvalue weighted by Crippen LogP contribution is -2.50. The lowest BCUT2D eigenvalue weighted by atomic mass is 10.0. The van der Waals surface area contributed by atoms with E-state index in [2.05, 4.69) is 43.4 Å². The molecule has 23 heavy (non-hydrogen) atoms. The predicted molar refractivity (Wildman–Crippen MR) is 93.1 cm³/mol. The van der Waals surface area contributed by atoms with Crippen LogP contribution in [0.1, 0.15) is 50.8 Å². The van der Waals surface area contributed by atoms with E-state index in [4.69, 9.17) is 0 Å². The largest absolute Gasteiger partial charge is 0.348 e. The minimum atomic E-state index is -0.336. The number of rotatable bonds is 4. The van der Waals surface area contributed by atoms with Gasteiger partial charge < -0.3 is 10.2 Å². The summed E-state index contributed by atoms with van der Waals surface area (Å²) in [5.74, 6) is 0.761. The highest BCUT2D eigenvalue weighted by Gasteiger charge is 2.52. The van der Waals surface area contributed by atoms with Crippen molar-refractivity contribution in [1.82, 2.24) is 10.2 Å². The average Bonchev–Trinajstić information content (AvgIpc) is 3.04. The van der Waals surface area contributed by atoms with Crippen LogP contribution in [0.15, 0.2) is 24.3 Å². The molecule has 2 aliphatic rings. The van der Waals surface area contributed by atoms with E-state index in [0.29, 0.717) is 12.2 Å². The average molecular weight is 332 g/mol. The summed E-state index contributed by atoms with van der Waals surface area (Å²) >= 11 is 1.73. The third-order valence-electron chi connectivity index (χ3n) is 4.99. The second-order valence-electron chi connectivity index (χ2n) is 6.59. The van der Waals surface area contributed by atoms with Gasteiger partial charge in [-0.2, -0.15) is 0 Å². The van der Waals surface area contributed by atoms with Gasteiger partial charge in [0.2, 0.25) is 11.8 Å². The highest BCUT2D eigenvalue weighted by Crippen LogP contribution is 2.47. The molecule has 0 spiro atoms. The minimum absolute atomic E-state index is 0.0384. The number of carbonyl (C=O) groups is 2. The summed E-state index contributed by atoms with van der Waals surface area (Å²) in [6.45, 7) is 6.19. The van der Waals surface area contributed by atoms with Crippen LogP contribution in [0.25, 0.3) is 0 Å². The van der Waals surface area contributed by atoms with Gasteiger partial charge in [-0.15, -0.1) is 11.8 Å². The standard InChI is InChI=1S/C18H24N2O2S/c1-4-13-5-7-14(8-6-13)12(2)19-17(22)15-11-23-18(3)10-9-16(21)20(15)18/h5-8,12,15H,4,9-11H2,1-3H3,(H,19,22). The molecule has 0 radical (unpaired) electrons. The molecule has 0 aromatic heterocycles. The molecule has 0 saturated carbocycles. The van der Waals surface area contributed by atoms with Gasteiger partial charge in [-0.25, -0.2) is 0 Å². The first-order chi connectivity index (χ1) is 10.9. The first-order valence-electron chi connectivity index (χ1n) is 8.30. The fraction of sp³-hybridized carbons (Fsp3) is 0.556. The van der Waals surface area contributed by atoms with Crippen LogP contribution in [0, 0.1) is 0 Å². The number of nitrogens with zero attached hydrogens (tertiary/aromatic N) is 1. The van der Waals surface area contributed by atoms with Crippen LogP contribution >= 0.6 is 11.8 Å². The maximum absolute atomic E-state index is 12.7. The molecule has 1 aromatic rings. The van der Waals surface area contributed by atoms with Gasteiger partial charge in [-0.1, -0.05) is 31.2 Å². The molecule has 2 fully saturated rings. The lowest BCUT2D eigenvalue weighted by molar-refractivity contribution is -0.138. The summed E-state index contributed by atoms with van der Waals surface area (Å²) in [7, 11) is 0. The van der Waals surface area contributed by atoms with Crippen molar-refractivity contribution < 1.29 is 9.59 Å². The normalized spacial score (nSPS) is 27.9. The monoisotopic (exact) mass is 332 g/mol. The molecule has 2 aliphatic heterocycles. The van der Waals surface area contributed by atoms with Crippen molar-refractivity contribution in [2.24, 2.45) is 0 Å². The number of amides is 2. The van der Waals surface area contributed by atoms with Crippen LogP contribution in [-0.2, 0) is 16.0 Å². The number of aryl methyl sites for hydroxylation is 1. The highest BCUT2D eigenvalue weighted by atomic mass is 32.2. The third kappa shape index (κ3) is 2.99. The molecule has 1 N–H and O–H groups in total. The van der Waals surface area contributed by atoms with Crippen LogP contribution in [0.4, 0.5) is 0 Å². The van der Waals surface area contributed by atoms with Gasteiger partial charge in [-0.05, 0) is 37.8 Å². The SMILES string of the molecule is CCc1ccc(C(C)NC(=O)C2CSC3(C)CCC(=O)N23)cc1. The van der Waals surface area contributed by atoms with Gasteiger partial charge in [0.15, 0.2) is 0 Å². The van der Waals surface area contributed by atoms with Gasteiger partial charge in [0.1, 0.15) is 6.04 Å². The maximum atomic E-state index is 12.7. The Morgan fingerprint density at radius 3 is 2.78 bits per heavy atom. The fourth-order valence-electron chi connectivity index (χ4n) is 3.45. The van der Waals surface area contributed by atoms with E-state index in [1.165, 1.54) is 5.56 Å². The van der Waals surface area contributed by atoms with Crippen molar-refractivity contribution >= 4 is 23.6 Å². The van der Waals surface area contributed by atoms with Crippen LogP contribution in [0.5, 0.6) is 0 Å². The molecular formula is C18H24N2O2S. The van der Waals surface area contributed by atoms with Crippen molar-refractivity contribution in [1.29, 1.82) is 0 Å². The van der Waals surface area contributed by atoms with Gasteiger partial charge in [0.25, 0.3) is 0 Å². The van der Waals surface area contributed by atoms with E-state index < -0.39 is 0 Å². The quantitative estimate of drug-likeness (QED) is 0.922. The second-order valence-corrected chi connectivity index (χ2v) is 8.09. The molecule has 5 heteroatoms. The van der Waals surface area contributed by atoms with E-state index in [1.807, 2.05) is 6.92 Å². The number of hydrogen-bond donors (Lipinski definition) is 1. The van der Waals surface area contributed by atoms with Gasteiger partial charge in [0, 0.05) is 12.2 Å². The zero-order valence-electron chi connectivity index (χ0n) is 14.0.